The number of aromatic nitrogens is 2. The summed E-state index contributed by atoms with van der Waals surface area (Å²) in [5.41, 5.74) is 4.77. The number of ether oxygens (including phenoxy) is 1. The van der Waals surface area contributed by atoms with E-state index in [-0.39, 0.29) is 36.9 Å². The van der Waals surface area contributed by atoms with Crippen LogP contribution in [0.15, 0.2) is 48.7 Å². The van der Waals surface area contributed by atoms with Gasteiger partial charge in [-0.05, 0) is 79.9 Å². The predicted molar refractivity (Wildman–Crippen MR) is 144 cm³/mol. The van der Waals surface area contributed by atoms with E-state index in [0.717, 1.165) is 22.4 Å². The molecule has 0 atom stereocenters. The third kappa shape index (κ3) is 7.39. The number of anilines is 4. The van der Waals surface area contributed by atoms with Gasteiger partial charge in [0, 0.05) is 30.2 Å². The topological polar surface area (TPSA) is 153 Å². The second-order valence-electron chi connectivity index (χ2n) is 8.20. The van der Waals surface area contributed by atoms with E-state index in [1.54, 1.807) is 37.3 Å². The molecule has 0 bridgehead atoms. The van der Waals surface area contributed by atoms with Crippen LogP contribution in [0.1, 0.15) is 46.0 Å². The standard InChI is InChI=1S/C28H27N7O3/c1-4-38-24(36)11-13-31-27(37)23-17-32-28(33-22-9-7-20(16-30)8-10-22)35-26(23)34-25-18(2)14-21(6-5-12-29)15-19(25)3/h5-10,14-15,17H,4,11,13H2,1-3H3,(H,31,37)(H2,32,33,34,35)/b6-5+. The number of allylic oxidation sites excluding steroid dienone is 1. The van der Waals surface area contributed by atoms with Crippen LogP contribution >= 0.6 is 0 Å². The summed E-state index contributed by atoms with van der Waals surface area (Å²) in [4.78, 5) is 33.5. The lowest BCUT2D eigenvalue weighted by Gasteiger charge is -2.17. The lowest BCUT2D eigenvalue weighted by Crippen LogP contribution is -2.27. The average molecular weight is 510 g/mol. The molecule has 0 radical (unpaired) electrons. The fourth-order valence-electron chi connectivity index (χ4n) is 3.61. The highest BCUT2D eigenvalue weighted by atomic mass is 16.5. The number of aryl methyl sites for hydroxylation is 2. The van der Waals surface area contributed by atoms with Crippen LogP contribution in [-0.2, 0) is 9.53 Å². The molecule has 0 saturated heterocycles. The van der Waals surface area contributed by atoms with Crippen LogP contribution in [0, 0.1) is 36.5 Å². The lowest BCUT2D eigenvalue weighted by molar-refractivity contribution is -0.142. The van der Waals surface area contributed by atoms with Gasteiger partial charge < -0.3 is 20.7 Å². The minimum Gasteiger partial charge on any atom is -0.466 e. The van der Waals surface area contributed by atoms with Crippen LogP contribution in [-0.4, -0.2) is 35.0 Å². The summed E-state index contributed by atoms with van der Waals surface area (Å²) >= 11 is 0. The van der Waals surface area contributed by atoms with E-state index in [9.17, 15) is 9.59 Å². The molecule has 10 heteroatoms. The first-order valence-electron chi connectivity index (χ1n) is 11.9. The smallest absolute Gasteiger partial charge is 0.307 e. The van der Waals surface area contributed by atoms with Crippen molar-refractivity contribution in [2.24, 2.45) is 0 Å². The molecule has 0 aliphatic carbocycles. The molecule has 38 heavy (non-hydrogen) atoms. The number of nitriles is 2. The number of nitrogens with zero attached hydrogens (tertiary/aromatic N) is 4. The summed E-state index contributed by atoms with van der Waals surface area (Å²) in [6.45, 7) is 5.91. The van der Waals surface area contributed by atoms with Crippen LogP contribution in [0.5, 0.6) is 0 Å². The van der Waals surface area contributed by atoms with E-state index < -0.39 is 11.9 Å². The lowest BCUT2D eigenvalue weighted by atomic mass is 10.0. The van der Waals surface area contributed by atoms with Crippen molar-refractivity contribution >= 4 is 41.1 Å². The van der Waals surface area contributed by atoms with Gasteiger partial charge in [-0.1, -0.05) is 0 Å². The van der Waals surface area contributed by atoms with Gasteiger partial charge in [0.25, 0.3) is 5.91 Å². The average Bonchev–Trinajstić information content (AvgIpc) is 2.90. The van der Waals surface area contributed by atoms with Gasteiger partial charge in [0.2, 0.25) is 5.95 Å². The predicted octanol–water partition coefficient (Wildman–Crippen LogP) is 4.67. The van der Waals surface area contributed by atoms with Gasteiger partial charge in [-0.15, -0.1) is 0 Å². The molecule has 1 aromatic heterocycles. The van der Waals surface area contributed by atoms with E-state index in [4.69, 9.17) is 15.3 Å². The zero-order chi connectivity index (χ0) is 27.5. The molecule has 0 aliphatic heterocycles. The quantitative estimate of drug-likeness (QED) is 0.261. The van der Waals surface area contributed by atoms with Gasteiger partial charge >= 0.3 is 5.97 Å². The maximum Gasteiger partial charge on any atom is 0.307 e. The number of rotatable bonds is 10. The van der Waals surface area contributed by atoms with Crippen LogP contribution < -0.4 is 16.0 Å². The van der Waals surface area contributed by atoms with E-state index in [2.05, 4.69) is 32.0 Å². The number of hydrogen-bond acceptors (Lipinski definition) is 9. The van der Waals surface area contributed by atoms with Crippen molar-refractivity contribution in [1.82, 2.24) is 15.3 Å². The zero-order valence-electron chi connectivity index (χ0n) is 21.3. The van der Waals surface area contributed by atoms with Crippen LogP contribution in [0.3, 0.4) is 0 Å². The third-order valence-electron chi connectivity index (χ3n) is 5.37. The van der Waals surface area contributed by atoms with Crippen molar-refractivity contribution < 1.29 is 14.3 Å². The van der Waals surface area contributed by atoms with Crippen LogP contribution in [0.4, 0.5) is 23.1 Å². The molecule has 0 unspecified atom stereocenters. The van der Waals surface area contributed by atoms with E-state index >= 15 is 0 Å². The Hall–Kier alpha value is -5.22. The Bertz CT molecular complexity index is 1410. The van der Waals surface area contributed by atoms with Crippen molar-refractivity contribution in [2.75, 3.05) is 23.8 Å². The van der Waals surface area contributed by atoms with Crippen molar-refractivity contribution in [1.29, 1.82) is 10.5 Å². The Morgan fingerprint density at radius 1 is 1.08 bits per heavy atom. The molecule has 3 rings (SSSR count). The molecule has 0 spiro atoms. The number of esters is 1. The third-order valence-corrected chi connectivity index (χ3v) is 5.37. The number of carbonyl (C=O) groups is 2. The second-order valence-corrected chi connectivity index (χ2v) is 8.20. The highest BCUT2D eigenvalue weighted by Crippen LogP contribution is 2.28. The SMILES string of the molecule is CCOC(=O)CCNC(=O)c1cnc(Nc2ccc(C#N)cc2)nc1Nc1c(C)cc(/C=C/C#N)cc1C. The summed E-state index contributed by atoms with van der Waals surface area (Å²) in [5, 5.41) is 26.9. The molecular weight excluding hydrogens is 482 g/mol. The summed E-state index contributed by atoms with van der Waals surface area (Å²) in [5.74, 6) is -0.354. The molecule has 3 aromatic rings. The van der Waals surface area contributed by atoms with Gasteiger partial charge in [0.05, 0.1) is 30.7 Å². The number of amides is 1. The van der Waals surface area contributed by atoms with Gasteiger partial charge in [-0.3, -0.25) is 9.59 Å². The monoisotopic (exact) mass is 509 g/mol. The van der Waals surface area contributed by atoms with Gasteiger partial charge in [-0.25, -0.2) is 4.98 Å². The van der Waals surface area contributed by atoms with Gasteiger partial charge in [0.1, 0.15) is 11.4 Å². The molecule has 1 heterocycles. The molecule has 192 valence electrons. The molecule has 3 N–H and O–H groups in total. The van der Waals surface area contributed by atoms with Crippen molar-refractivity contribution in [3.8, 4) is 12.1 Å². The second kappa shape index (κ2) is 13.2. The normalized spacial score (nSPS) is 10.3. The first-order chi connectivity index (χ1) is 18.3. The van der Waals surface area contributed by atoms with E-state index in [1.807, 2.05) is 32.0 Å². The number of benzene rings is 2. The van der Waals surface area contributed by atoms with Crippen molar-refractivity contribution in [2.45, 2.75) is 27.2 Å². The zero-order valence-corrected chi connectivity index (χ0v) is 21.3. The minimum absolute atomic E-state index is 0.0391. The first-order valence-corrected chi connectivity index (χ1v) is 11.9. The van der Waals surface area contributed by atoms with Crippen molar-refractivity contribution in [3.63, 3.8) is 0 Å². The molecule has 1 amide bonds. The Morgan fingerprint density at radius 3 is 2.42 bits per heavy atom. The van der Waals surface area contributed by atoms with Gasteiger partial charge in [0.15, 0.2) is 0 Å². The van der Waals surface area contributed by atoms with E-state index in [0.29, 0.717) is 11.3 Å². The Morgan fingerprint density at radius 2 is 1.79 bits per heavy atom. The van der Waals surface area contributed by atoms with E-state index in [1.165, 1.54) is 12.3 Å². The molecule has 0 aliphatic rings. The first kappa shape index (κ1) is 27.4. The number of carbonyl (C=O) groups excluding carboxylic acids is 2. The molecule has 0 saturated carbocycles. The van der Waals surface area contributed by atoms with Crippen molar-refractivity contribution in [3.05, 3.63) is 76.5 Å². The van der Waals surface area contributed by atoms with Gasteiger partial charge in [-0.2, -0.15) is 15.5 Å². The molecule has 0 fully saturated rings. The summed E-state index contributed by atoms with van der Waals surface area (Å²) < 4.78 is 4.90. The summed E-state index contributed by atoms with van der Waals surface area (Å²) in [6.07, 6.45) is 4.56. The fraction of sp³-hybridized carbons (Fsp3) is 0.214. The fourth-order valence-corrected chi connectivity index (χ4v) is 3.61. The molecule has 10 nitrogen and oxygen atoms in total. The maximum absolute atomic E-state index is 13.0. The van der Waals surface area contributed by atoms with Crippen LogP contribution in [0.2, 0.25) is 0 Å². The Labute approximate surface area is 221 Å². The molecular formula is C28H27N7O3. The largest absolute Gasteiger partial charge is 0.466 e. The number of nitrogens with one attached hydrogen (secondary N) is 3. The summed E-state index contributed by atoms with van der Waals surface area (Å²) in [7, 11) is 0. The Balaban J connectivity index is 1.92. The minimum atomic E-state index is -0.453. The summed E-state index contributed by atoms with van der Waals surface area (Å²) in [6, 6.07) is 14.7. The van der Waals surface area contributed by atoms with Crippen LogP contribution in [0.25, 0.3) is 6.08 Å². The highest BCUT2D eigenvalue weighted by Gasteiger charge is 2.17. The highest BCUT2D eigenvalue weighted by molar-refractivity contribution is 5.99. The number of hydrogen-bond donors (Lipinski definition) is 3. The maximum atomic E-state index is 13.0. The molecule has 2 aromatic carbocycles. The Kier molecular flexibility index (Phi) is 9.50.